The summed E-state index contributed by atoms with van der Waals surface area (Å²) in [6, 6.07) is 5.63. The molecule has 15 heavy (non-hydrogen) atoms. The maximum Gasteiger partial charge on any atom is 0.130 e. The van der Waals surface area contributed by atoms with Gasteiger partial charge in [-0.25, -0.2) is 8.78 Å². The highest BCUT2D eigenvalue weighted by Crippen LogP contribution is 2.48. The third-order valence-electron chi connectivity index (χ3n) is 3.42. The summed E-state index contributed by atoms with van der Waals surface area (Å²) in [5.41, 5.74) is -0.400. The largest absolute Gasteiger partial charge is 0.207 e. The van der Waals surface area contributed by atoms with E-state index in [9.17, 15) is 8.78 Å². The lowest BCUT2D eigenvalue weighted by molar-refractivity contribution is 0.195. The zero-order valence-corrected chi connectivity index (χ0v) is 8.43. The monoisotopic (exact) mass is 207 g/mol. The predicted molar refractivity (Wildman–Crippen MR) is 52.0 cm³/mol. The normalized spacial score (nSPS) is 29.3. The molecule has 0 radical (unpaired) electrons. The van der Waals surface area contributed by atoms with Gasteiger partial charge in [0, 0.05) is 11.6 Å². The van der Waals surface area contributed by atoms with E-state index in [4.69, 9.17) is 5.26 Å². The zero-order chi connectivity index (χ0) is 11.1. The van der Waals surface area contributed by atoms with Crippen molar-refractivity contribution in [3.8, 4) is 6.07 Å². The van der Waals surface area contributed by atoms with Crippen LogP contribution in [0.1, 0.15) is 25.3 Å². The highest BCUT2D eigenvalue weighted by atomic mass is 19.1. The molecule has 78 valence electrons. The molecule has 0 spiro atoms. The summed E-state index contributed by atoms with van der Waals surface area (Å²) in [6.07, 6.45) is 1.58. The fourth-order valence-electron chi connectivity index (χ4n) is 2.20. The van der Waals surface area contributed by atoms with Crippen molar-refractivity contribution in [1.29, 1.82) is 5.26 Å². The summed E-state index contributed by atoms with van der Waals surface area (Å²) in [6.45, 7) is 1.93. The number of nitrogens with zero attached hydrogens (tertiary/aromatic N) is 1. The van der Waals surface area contributed by atoms with E-state index in [1.54, 1.807) is 0 Å². The summed E-state index contributed by atoms with van der Waals surface area (Å²) in [5, 5.41) is 9.14. The molecule has 1 aliphatic rings. The van der Waals surface area contributed by atoms with E-state index in [-0.39, 0.29) is 5.92 Å². The summed E-state index contributed by atoms with van der Waals surface area (Å²) in [5.74, 6) is -1.07. The molecule has 1 fully saturated rings. The van der Waals surface area contributed by atoms with Crippen molar-refractivity contribution in [2.75, 3.05) is 0 Å². The minimum absolute atomic E-state index is 0.141. The van der Waals surface area contributed by atoms with Crippen LogP contribution in [-0.2, 0) is 5.41 Å². The Kier molecular flexibility index (Phi) is 2.22. The van der Waals surface area contributed by atoms with Crippen LogP contribution in [0.4, 0.5) is 8.78 Å². The van der Waals surface area contributed by atoms with Crippen molar-refractivity contribution in [2.45, 2.75) is 25.2 Å². The Balaban J connectivity index is 2.50. The molecule has 0 amide bonds. The molecule has 0 saturated heterocycles. The molecule has 2 rings (SSSR count). The van der Waals surface area contributed by atoms with E-state index < -0.39 is 17.0 Å². The van der Waals surface area contributed by atoms with Crippen molar-refractivity contribution >= 4 is 0 Å². The number of benzene rings is 1. The van der Waals surface area contributed by atoms with E-state index in [0.717, 1.165) is 12.5 Å². The number of rotatable bonds is 1. The lowest BCUT2D eigenvalue weighted by Crippen LogP contribution is -2.42. The summed E-state index contributed by atoms with van der Waals surface area (Å²) in [4.78, 5) is 0. The topological polar surface area (TPSA) is 23.8 Å². The average Bonchev–Trinajstić information content (AvgIpc) is 2.20. The lowest BCUT2D eigenvalue weighted by atomic mass is 9.58. The van der Waals surface area contributed by atoms with E-state index in [2.05, 4.69) is 6.07 Å². The minimum atomic E-state index is -0.738. The summed E-state index contributed by atoms with van der Waals surface area (Å²) in [7, 11) is 0. The molecule has 0 bridgehead atoms. The third kappa shape index (κ3) is 1.32. The predicted octanol–water partition coefficient (Wildman–Crippen LogP) is 3.16. The molecule has 0 N–H and O–H groups in total. The quantitative estimate of drug-likeness (QED) is 0.694. The van der Waals surface area contributed by atoms with Gasteiger partial charge >= 0.3 is 0 Å². The Labute approximate surface area is 87.3 Å². The zero-order valence-electron chi connectivity index (χ0n) is 8.43. The van der Waals surface area contributed by atoms with Crippen LogP contribution in [0.15, 0.2) is 18.2 Å². The second-order valence-corrected chi connectivity index (χ2v) is 4.15. The summed E-state index contributed by atoms with van der Waals surface area (Å²) < 4.78 is 26.3. The van der Waals surface area contributed by atoms with Crippen LogP contribution < -0.4 is 0 Å². The molecule has 2 unspecified atom stereocenters. The molecule has 1 aromatic carbocycles. The van der Waals surface area contributed by atoms with Gasteiger partial charge in [0.25, 0.3) is 0 Å². The Morgan fingerprint density at radius 2 is 2.20 bits per heavy atom. The van der Waals surface area contributed by atoms with Crippen LogP contribution in [0.25, 0.3) is 0 Å². The molecular weight excluding hydrogens is 196 g/mol. The first-order valence-corrected chi connectivity index (χ1v) is 4.97. The van der Waals surface area contributed by atoms with E-state index in [0.29, 0.717) is 12.0 Å². The van der Waals surface area contributed by atoms with Gasteiger partial charge in [-0.2, -0.15) is 5.26 Å². The second-order valence-electron chi connectivity index (χ2n) is 4.15. The van der Waals surface area contributed by atoms with Gasteiger partial charge in [-0.05, 0) is 24.8 Å². The molecule has 0 aliphatic heterocycles. The Morgan fingerprint density at radius 3 is 2.60 bits per heavy atom. The first-order chi connectivity index (χ1) is 7.10. The van der Waals surface area contributed by atoms with Crippen molar-refractivity contribution < 1.29 is 8.78 Å². The molecule has 0 heterocycles. The van der Waals surface area contributed by atoms with Gasteiger partial charge in [0.1, 0.15) is 11.6 Å². The third-order valence-corrected chi connectivity index (χ3v) is 3.42. The van der Waals surface area contributed by atoms with Gasteiger partial charge < -0.3 is 0 Å². The van der Waals surface area contributed by atoms with Gasteiger partial charge in [-0.15, -0.1) is 0 Å². The number of hydrogen-bond acceptors (Lipinski definition) is 1. The summed E-state index contributed by atoms with van der Waals surface area (Å²) >= 11 is 0. The SMILES string of the molecule is CC1CCC1(C#N)c1ccc(F)cc1F. The van der Waals surface area contributed by atoms with Crippen molar-refractivity contribution in [2.24, 2.45) is 5.92 Å². The van der Waals surface area contributed by atoms with Crippen molar-refractivity contribution in [3.63, 3.8) is 0 Å². The van der Waals surface area contributed by atoms with Gasteiger partial charge in [0.15, 0.2) is 0 Å². The van der Waals surface area contributed by atoms with Gasteiger partial charge in [-0.3, -0.25) is 0 Å². The van der Waals surface area contributed by atoms with E-state index >= 15 is 0 Å². The molecule has 2 atom stereocenters. The Hall–Kier alpha value is -1.43. The second kappa shape index (κ2) is 3.30. The van der Waals surface area contributed by atoms with Crippen LogP contribution in [0.3, 0.4) is 0 Å². The first kappa shape index (κ1) is 10.1. The van der Waals surface area contributed by atoms with E-state index in [1.165, 1.54) is 12.1 Å². The van der Waals surface area contributed by atoms with Crippen LogP contribution >= 0.6 is 0 Å². The number of hydrogen-bond donors (Lipinski definition) is 0. The van der Waals surface area contributed by atoms with Crippen LogP contribution in [0.2, 0.25) is 0 Å². The van der Waals surface area contributed by atoms with Crippen molar-refractivity contribution in [3.05, 3.63) is 35.4 Å². The fraction of sp³-hybridized carbons (Fsp3) is 0.417. The van der Waals surface area contributed by atoms with E-state index in [1.807, 2.05) is 6.92 Å². The van der Waals surface area contributed by atoms with Crippen LogP contribution in [-0.4, -0.2) is 0 Å². The van der Waals surface area contributed by atoms with Gasteiger partial charge in [0.05, 0.1) is 11.5 Å². The Bertz CT molecular complexity index is 436. The molecule has 1 aromatic rings. The first-order valence-electron chi connectivity index (χ1n) is 4.97. The minimum Gasteiger partial charge on any atom is -0.207 e. The molecule has 3 heteroatoms. The van der Waals surface area contributed by atoms with Gasteiger partial charge in [0.2, 0.25) is 0 Å². The standard InChI is InChI=1S/C12H11F2N/c1-8-4-5-12(8,7-15)10-3-2-9(13)6-11(10)14/h2-3,6,8H,4-5H2,1H3. The van der Waals surface area contributed by atoms with Crippen molar-refractivity contribution in [1.82, 2.24) is 0 Å². The molecule has 1 saturated carbocycles. The molecular formula is C12H11F2N. The van der Waals surface area contributed by atoms with Gasteiger partial charge in [-0.1, -0.05) is 13.0 Å². The average molecular weight is 207 g/mol. The maximum absolute atomic E-state index is 13.5. The molecule has 0 aromatic heterocycles. The lowest BCUT2D eigenvalue weighted by Gasteiger charge is -2.42. The molecule has 1 nitrogen and oxygen atoms in total. The van der Waals surface area contributed by atoms with Crippen LogP contribution in [0.5, 0.6) is 0 Å². The highest BCUT2D eigenvalue weighted by molar-refractivity contribution is 5.37. The number of halogens is 2. The number of nitriles is 1. The molecule has 1 aliphatic carbocycles. The highest BCUT2D eigenvalue weighted by Gasteiger charge is 2.47. The fourth-order valence-corrected chi connectivity index (χ4v) is 2.20. The maximum atomic E-state index is 13.5. The smallest absolute Gasteiger partial charge is 0.130 e. The Morgan fingerprint density at radius 1 is 1.47 bits per heavy atom. The van der Waals surface area contributed by atoms with Crippen LogP contribution in [0, 0.1) is 28.9 Å².